The predicted octanol–water partition coefficient (Wildman–Crippen LogP) is 2.66. The van der Waals surface area contributed by atoms with Crippen molar-refractivity contribution in [3.63, 3.8) is 0 Å². The summed E-state index contributed by atoms with van der Waals surface area (Å²) in [6, 6.07) is 7.61. The Morgan fingerprint density at radius 2 is 2.16 bits per heavy atom. The third kappa shape index (κ3) is 3.31. The molecular weight excluding hydrogens is 256 g/mol. The summed E-state index contributed by atoms with van der Waals surface area (Å²) in [5, 5.41) is 0. The number of benzene rings is 1. The Balaban J connectivity index is 2.22. The standard InChI is InChI=1S/C15H24N2OS/c1-15(2)9-4-5-10-17(15)19(3,18)12-13-7-6-8-14(16)11-13/h6-8,11H,3-5,9-10,12,16H2,1-2H3. The van der Waals surface area contributed by atoms with Crippen LogP contribution in [0.15, 0.2) is 24.3 Å². The summed E-state index contributed by atoms with van der Waals surface area (Å²) in [6.07, 6.45) is 3.39. The monoisotopic (exact) mass is 280 g/mol. The zero-order valence-corrected chi connectivity index (χ0v) is 12.7. The Bertz CT molecular complexity index is 549. The molecule has 0 saturated carbocycles. The largest absolute Gasteiger partial charge is 0.399 e. The number of nitrogens with two attached hydrogens (primary N) is 1. The van der Waals surface area contributed by atoms with Crippen LogP contribution in [0.25, 0.3) is 0 Å². The molecule has 106 valence electrons. The van der Waals surface area contributed by atoms with Crippen molar-refractivity contribution < 1.29 is 4.21 Å². The van der Waals surface area contributed by atoms with Crippen LogP contribution in [-0.2, 0) is 15.5 Å². The first-order valence-corrected chi connectivity index (χ1v) is 8.64. The van der Waals surface area contributed by atoms with Crippen molar-refractivity contribution in [1.29, 1.82) is 0 Å². The number of nitrogen functional groups attached to an aromatic ring is 1. The zero-order valence-electron chi connectivity index (χ0n) is 11.9. The zero-order chi connectivity index (χ0) is 14.1. The van der Waals surface area contributed by atoms with Crippen molar-refractivity contribution in [3.8, 4) is 0 Å². The summed E-state index contributed by atoms with van der Waals surface area (Å²) in [5.41, 5.74) is 7.47. The molecule has 1 aromatic carbocycles. The number of anilines is 1. The smallest absolute Gasteiger partial charge is 0.0542 e. The number of hydrogen-bond acceptors (Lipinski definition) is 2. The molecule has 0 radical (unpaired) electrons. The van der Waals surface area contributed by atoms with Crippen molar-refractivity contribution in [2.24, 2.45) is 0 Å². The molecule has 1 aromatic rings. The molecule has 0 amide bonds. The second-order valence-electron chi connectivity index (χ2n) is 6.03. The van der Waals surface area contributed by atoms with Gasteiger partial charge in [-0.3, -0.25) is 4.21 Å². The minimum atomic E-state index is -2.28. The van der Waals surface area contributed by atoms with Crippen LogP contribution in [-0.4, -0.2) is 26.5 Å². The Hall–Kier alpha value is -1.00. The van der Waals surface area contributed by atoms with E-state index in [1.807, 2.05) is 24.3 Å². The first kappa shape index (κ1) is 14.4. The van der Waals surface area contributed by atoms with Crippen molar-refractivity contribution in [3.05, 3.63) is 29.8 Å². The Morgan fingerprint density at radius 1 is 1.42 bits per heavy atom. The minimum Gasteiger partial charge on any atom is -0.399 e. The van der Waals surface area contributed by atoms with E-state index in [2.05, 4.69) is 24.0 Å². The van der Waals surface area contributed by atoms with E-state index in [0.29, 0.717) is 11.4 Å². The van der Waals surface area contributed by atoms with Crippen LogP contribution < -0.4 is 5.73 Å². The Kier molecular flexibility index (Phi) is 3.92. The van der Waals surface area contributed by atoms with Gasteiger partial charge in [-0.1, -0.05) is 18.6 Å². The molecule has 0 bridgehead atoms. The molecule has 1 aliphatic rings. The molecule has 1 fully saturated rings. The molecule has 4 heteroatoms. The third-order valence-electron chi connectivity index (χ3n) is 3.82. The summed E-state index contributed by atoms with van der Waals surface area (Å²) < 4.78 is 15.1. The predicted molar refractivity (Wildman–Crippen MR) is 84.5 cm³/mol. The van der Waals surface area contributed by atoms with E-state index in [1.165, 1.54) is 6.42 Å². The van der Waals surface area contributed by atoms with Crippen molar-refractivity contribution in [2.45, 2.75) is 44.4 Å². The molecule has 1 unspecified atom stereocenters. The summed E-state index contributed by atoms with van der Waals surface area (Å²) in [7, 11) is -2.28. The highest BCUT2D eigenvalue weighted by Crippen LogP contribution is 2.31. The van der Waals surface area contributed by atoms with Crippen molar-refractivity contribution in [2.75, 3.05) is 12.3 Å². The van der Waals surface area contributed by atoms with Crippen LogP contribution >= 0.6 is 0 Å². The quantitative estimate of drug-likeness (QED) is 0.683. The fourth-order valence-corrected chi connectivity index (χ4v) is 5.19. The second kappa shape index (κ2) is 5.17. The van der Waals surface area contributed by atoms with Gasteiger partial charge in [0.2, 0.25) is 0 Å². The first-order chi connectivity index (χ1) is 8.81. The molecule has 0 aliphatic carbocycles. The summed E-state index contributed by atoms with van der Waals surface area (Å²) >= 11 is 0. The van der Waals surface area contributed by atoms with Gasteiger partial charge in [0.25, 0.3) is 0 Å². The normalized spacial score (nSPS) is 22.8. The fraction of sp³-hybridized carbons (Fsp3) is 0.533. The molecule has 1 aliphatic heterocycles. The molecule has 2 N–H and O–H groups in total. The molecule has 0 aromatic heterocycles. The average Bonchev–Trinajstić information content (AvgIpc) is 2.27. The number of nitrogens with zero attached hydrogens (tertiary/aromatic N) is 1. The van der Waals surface area contributed by atoms with Gasteiger partial charge in [0.1, 0.15) is 0 Å². The van der Waals surface area contributed by atoms with E-state index >= 15 is 0 Å². The maximum Gasteiger partial charge on any atom is 0.0542 e. The highest BCUT2D eigenvalue weighted by molar-refractivity contribution is 7.97. The SMILES string of the molecule is C=S(=O)(Cc1cccc(N)c1)N1CCCCC1(C)C. The van der Waals surface area contributed by atoms with E-state index in [-0.39, 0.29) is 5.54 Å². The van der Waals surface area contributed by atoms with Crippen LogP contribution in [0.5, 0.6) is 0 Å². The maximum atomic E-state index is 13.0. The molecule has 1 heterocycles. The first-order valence-electron chi connectivity index (χ1n) is 6.78. The average molecular weight is 280 g/mol. The number of hydrogen-bond donors (Lipinski definition) is 1. The van der Waals surface area contributed by atoms with E-state index < -0.39 is 9.71 Å². The van der Waals surface area contributed by atoms with Crippen LogP contribution in [0.3, 0.4) is 0 Å². The van der Waals surface area contributed by atoms with E-state index in [9.17, 15) is 4.21 Å². The maximum absolute atomic E-state index is 13.0. The Labute approximate surface area is 116 Å². The van der Waals surface area contributed by atoms with Gasteiger partial charge in [-0.25, -0.2) is 4.31 Å². The number of piperidine rings is 1. The van der Waals surface area contributed by atoms with Crippen molar-refractivity contribution >= 4 is 21.3 Å². The third-order valence-corrected chi connectivity index (χ3v) is 6.08. The van der Waals surface area contributed by atoms with Crippen molar-refractivity contribution in [1.82, 2.24) is 4.31 Å². The highest BCUT2D eigenvalue weighted by Gasteiger charge is 2.34. The highest BCUT2D eigenvalue weighted by atomic mass is 32.2. The lowest BCUT2D eigenvalue weighted by Gasteiger charge is -2.43. The van der Waals surface area contributed by atoms with Gasteiger partial charge in [0, 0.05) is 27.5 Å². The molecule has 3 nitrogen and oxygen atoms in total. The topological polar surface area (TPSA) is 46.3 Å². The summed E-state index contributed by atoms with van der Waals surface area (Å²) in [5.74, 6) is 4.50. The second-order valence-corrected chi connectivity index (χ2v) is 8.31. The van der Waals surface area contributed by atoms with Gasteiger partial charge in [-0.05, 0) is 50.3 Å². The molecule has 2 rings (SSSR count). The van der Waals surface area contributed by atoms with Gasteiger partial charge >= 0.3 is 0 Å². The lowest BCUT2D eigenvalue weighted by atomic mass is 9.93. The molecule has 1 saturated heterocycles. The van der Waals surface area contributed by atoms with Crippen LogP contribution in [0.2, 0.25) is 0 Å². The Morgan fingerprint density at radius 3 is 2.79 bits per heavy atom. The van der Waals surface area contributed by atoms with Crippen LogP contribution in [0.4, 0.5) is 5.69 Å². The number of rotatable bonds is 3. The fourth-order valence-electron chi connectivity index (χ4n) is 2.88. The van der Waals surface area contributed by atoms with Gasteiger partial charge < -0.3 is 5.73 Å². The van der Waals surface area contributed by atoms with E-state index in [1.54, 1.807) is 0 Å². The van der Waals surface area contributed by atoms with Gasteiger partial charge in [-0.15, -0.1) is 0 Å². The van der Waals surface area contributed by atoms with Gasteiger partial charge in [0.15, 0.2) is 0 Å². The van der Waals surface area contributed by atoms with Crippen LogP contribution in [0, 0.1) is 0 Å². The summed E-state index contributed by atoms with van der Waals surface area (Å²) in [6.45, 7) is 5.20. The van der Waals surface area contributed by atoms with Gasteiger partial charge in [0.05, 0.1) is 5.75 Å². The lowest BCUT2D eigenvalue weighted by molar-refractivity contribution is 0.177. The lowest BCUT2D eigenvalue weighted by Crippen LogP contribution is -2.50. The van der Waals surface area contributed by atoms with Crippen LogP contribution in [0.1, 0.15) is 38.7 Å². The molecule has 0 spiro atoms. The van der Waals surface area contributed by atoms with E-state index in [4.69, 9.17) is 5.73 Å². The molecular formula is C15H24N2OS. The van der Waals surface area contributed by atoms with E-state index in [0.717, 1.165) is 24.9 Å². The molecule has 19 heavy (non-hydrogen) atoms. The van der Waals surface area contributed by atoms with Gasteiger partial charge in [-0.2, -0.15) is 0 Å². The minimum absolute atomic E-state index is 0.0303. The molecule has 1 atom stereocenters. The summed E-state index contributed by atoms with van der Waals surface area (Å²) in [4.78, 5) is 0.